The highest BCUT2D eigenvalue weighted by atomic mass is 35.5. The predicted molar refractivity (Wildman–Crippen MR) is 60.0 cm³/mol. The molecule has 0 unspecified atom stereocenters. The predicted octanol–water partition coefficient (Wildman–Crippen LogP) is 3.45. The average Bonchev–Trinajstić information content (AvgIpc) is 2.30. The lowest BCUT2D eigenvalue weighted by Gasteiger charge is -2.07. The summed E-state index contributed by atoms with van der Waals surface area (Å²) in [6, 6.07) is 10.7. The Hall–Kier alpha value is -1.61. The highest BCUT2D eigenvalue weighted by Gasteiger charge is 2.09. The van der Waals surface area contributed by atoms with Gasteiger partial charge in [0.2, 0.25) is 0 Å². The van der Waals surface area contributed by atoms with Gasteiger partial charge in [-0.05, 0) is 11.6 Å². The van der Waals surface area contributed by atoms with E-state index >= 15 is 0 Å². The van der Waals surface area contributed by atoms with Gasteiger partial charge in [-0.1, -0.05) is 41.9 Å². The molecule has 0 bridgehead atoms. The standard InChI is InChI=1S/C12H9ClFNO/c13-12-11(10(14)6-7-15-12)16-8-9-4-2-1-3-5-9/h1-7H,8H2. The van der Waals surface area contributed by atoms with E-state index < -0.39 is 5.82 Å². The number of pyridine rings is 1. The molecule has 0 fully saturated rings. The van der Waals surface area contributed by atoms with Crippen molar-refractivity contribution in [3.63, 3.8) is 0 Å². The van der Waals surface area contributed by atoms with Crippen molar-refractivity contribution in [1.29, 1.82) is 0 Å². The minimum atomic E-state index is -0.504. The Balaban J connectivity index is 2.11. The topological polar surface area (TPSA) is 22.1 Å². The number of halogens is 2. The molecule has 0 aliphatic heterocycles. The molecule has 1 aromatic carbocycles. The van der Waals surface area contributed by atoms with E-state index in [4.69, 9.17) is 16.3 Å². The second kappa shape index (κ2) is 4.94. The molecular formula is C12H9ClFNO. The zero-order valence-electron chi connectivity index (χ0n) is 8.36. The van der Waals surface area contributed by atoms with Crippen LogP contribution in [0.1, 0.15) is 5.56 Å². The van der Waals surface area contributed by atoms with Crippen LogP contribution in [0.3, 0.4) is 0 Å². The van der Waals surface area contributed by atoms with Crippen LogP contribution in [0.15, 0.2) is 42.6 Å². The van der Waals surface area contributed by atoms with Crippen LogP contribution in [-0.4, -0.2) is 4.98 Å². The van der Waals surface area contributed by atoms with Crippen LogP contribution in [0.25, 0.3) is 0 Å². The van der Waals surface area contributed by atoms with E-state index in [1.807, 2.05) is 30.3 Å². The Morgan fingerprint density at radius 2 is 1.94 bits per heavy atom. The van der Waals surface area contributed by atoms with Crippen molar-refractivity contribution in [3.05, 3.63) is 59.1 Å². The van der Waals surface area contributed by atoms with Gasteiger partial charge in [-0.2, -0.15) is 0 Å². The number of hydrogen-bond donors (Lipinski definition) is 0. The van der Waals surface area contributed by atoms with Crippen molar-refractivity contribution in [1.82, 2.24) is 4.98 Å². The summed E-state index contributed by atoms with van der Waals surface area (Å²) in [4.78, 5) is 3.75. The fraction of sp³-hybridized carbons (Fsp3) is 0.0833. The van der Waals surface area contributed by atoms with Crippen molar-refractivity contribution < 1.29 is 9.13 Å². The summed E-state index contributed by atoms with van der Waals surface area (Å²) < 4.78 is 18.6. The minimum Gasteiger partial charge on any atom is -0.483 e. The lowest BCUT2D eigenvalue weighted by Crippen LogP contribution is -1.98. The molecule has 0 atom stereocenters. The molecule has 0 saturated heterocycles. The molecule has 0 aliphatic carbocycles. The minimum absolute atomic E-state index is 0.00646. The summed E-state index contributed by atoms with van der Waals surface area (Å²) in [6.45, 7) is 0.267. The first kappa shape index (κ1) is 10.9. The summed E-state index contributed by atoms with van der Waals surface area (Å²) in [6.07, 6.45) is 1.30. The maximum Gasteiger partial charge on any atom is 0.192 e. The second-order valence-electron chi connectivity index (χ2n) is 3.19. The molecule has 0 N–H and O–H groups in total. The highest BCUT2D eigenvalue weighted by Crippen LogP contribution is 2.25. The number of ether oxygens (including phenoxy) is 1. The maximum absolute atomic E-state index is 13.3. The molecule has 2 nitrogen and oxygen atoms in total. The van der Waals surface area contributed by atoms with Gasteiger partial charge in [-0.15, -0.1) is 0 Å². The average molecular weight is 238 g/mol. The number of aromatic nitrogens is 1. The normalized spacial score (nSPS) is 10.1. The second-order valence-corrected chi connectivity index (χ2v) is 3.54. The lowest BCUT2D eigenvalue weighted by molar-refractivity contribution is 0.289. The Labute approximate surface area is 97.7 Å². The van der Waals surface area contributed by atoms with Gasteiger partial charge in [0.1, 0.15) is 6.61 Å². The number of benzene rings is 1. The lowest BCUT2D eigenvalue weighted by atomic mass is 10.2. The smallest absolute Gasteiger partial charge is 0.192 e. The summed E-state index contributed by atoms with van der Waals surface area (Å²) in [5, 5.41) is 0.0379. The van der Waals surface area contributed by atoms with E-state index in [0.29, 0.717) is 0 Å². The van der Waals surface area contributed by atoms with E-state index in [1.54, 1.807) is 0 Å². The van der Waals surface area contributed by atoms with Crippen molar-refractivity contribution in [2.24, 2.45) is 0 Å². The van der Waals surface area contributed by atoms with Gasteiger partial charge in [-0.3, -0.25) is 0 Å². The van der Waals surface area contributed by atoms with Crippen LogP contribution in [0.4, 0.5) is 4.39 Å². The van der Waals surface area contributed by atoms with E-state index in [-0.39, 0.29) is 17.5 Å². The molecule has 82 valence electrons. The molecule has 1 aromatic heterocycles. The zero-order chi connectivity index (χ0) is 11.4. The summed E-state index contributed by atoms with van der Waals surface area (Å²) in [5.74, 6) is -0.510. The summed E-state index contributed by atoms with van der Waals surface area (Å²) in [7, 11) is 0. The molecule has 2 aromatic rings. The van der Waals surface area contributed by atoms with Gasteiger partial charge in [-0.25, -0.2) is 9.37 Å². The van der Waals surface area contributed by atoms with Crippen molar-refractivity contribution >= 4 is 11.6 Å². The number of rotatable bonds is 3. The third-order valence-corrected chi connectivity index (χ3v) is 2.31. The first-order valence-electron chi connectivity index (χ1n) is 4.74. The molecule has 2 rings (SSSR count). The van der Waals surface area contributed by atoms with Crippen LogP contribution in [0.2, 0.25) is 5.15 Å². The first-order chi connectivity index (χ1) is 7.77. The van der Waals surface area contributed by atoms with Crippen LogP contribution in [0.5, 0.6) is 5.75 Å². The zero-order valence-corrected chi connectivity index (χ0v) is 9.12. The Bertz CT molecular complexity index is 455. The van der Waals surface area contributed by atoms with Gasteiger partial charge in [0, 0.05) is 6.20 Å². The molecular weight excluding hydrogens is 229 g/mol. The summed E-state index contributed by atoms with van der Waals surface area (Å²) in [5.41, 5.74) is 0.946. The fourth-order valence-electron chi connectivity index (χ4n) is 1.26. The van der Waals surface area contributed by atoms with E-state index in [0.717, 1.165) is 5.56 Å². The molecule has 0 saturated carbocycles. The van der Waals surface area contributed by atoms with Crippen molar-refractivity contribution in [2.45, 2.75) is 6.61 Å². The molecule has 0 spiro atoms. The third kappa shape index (κ3) is 2.49. The van der Waals surface area contributed by atoms with Crippen molar-refractivity contribution in [3.8, 4) is 5.75 Å². The van der Waals surface area contributed by atoms with Gasteiger partial charge in [0.05, 0.1) is 0 Å². The van der Waals surface area contributed by atoms with Crippen LogP contribution in [-0.2, 0) is 6.61 Å². The molecule has 0 radical (unpaired) electrons. The van der Waals surface area contributed by atoms with E-state index in [2.05, 4.69) is 4.98 Å². The highest BCUT2D eigenvalue weighted by molar-refractivity contribution is 6.30. The SMILES string of the molecule is Fc1ccnc(Cl)c1OCc1ccccc1. The first-order valence-corrected chi connectivity index (χ1v) is 5.12. The molecule has 4 heteroatoms. The molecule has 0 aliphatic rings. The van der Waals surface area contributed by atoms with E-state index in [9.17, 15) is 4.39 Å². The number of hydrogen-bond acceptors (Lipinski definition) is 2. The Morgan fingerprint density at radius 1 is 1.19 bits per heavy atom. The fourth-order valence-corrected chi connectivity index (χ4v) is 1.46. The Kier molecular flexibility index (Phi) is 3.37. The van der Waals surface area contributed by atoms with Crippen molar-refractivity contribution in [2.75, 3.05) is 0 Å². The monoisotopic (exact) mass is 237 g/mol. The van der Waals surface area contributed by atoms with Gasteiger partial charge in [0.25, 0.3) is 0 Å². The van der Waals surface area contributed by atoms with Crippen LogP contribution in [0, 0.1) is 5.82 Å². The maximum atomic E-state index is 13.3. The van der Waals surface area contributed by atoms with Gasteiger partial charge < -0.3 is 4.74 Å². The third-order valence-electron chi connectivity index (χ3n) is 2.04. The molecule has 16 heavy (non-hydrogen) atoms. The van der Waals surface area contributed by atoms with Crippen LogP contribution < -0.4 is 4.74 Å². The largest absolute Gasteiger partial charge is 0.483 e. The van der Waals surface area contributed by atoms with Crippen LogP contribution >= 0.6 is 11.6 Å². The van der Waals surface area contributed by atoms with Gasteiger partial charge >= 0.3 is 0 Å². The Morgan fingerprint density at radius 3 is 2.62 bits per heavy atom. The molecule has 0 amide bonds. The quantitative estimate of drug-likeness (QED) is 0.763. The molecule has 1 heterocycles. The van der Waals surface area contributed by atoms with E-state index in [1.165, 1.54) is 12.3 Å². The van der Waals surface area contributed by atoms with Gasteiger partial charge in [0.15, 0.2) is 16.7 Å². The summed E-state index contributed by atoms with van der Waals surface area (Å²) >= 11 is 5.72. The number of nitrogens with zero attached hydrogens (tertiary/aromatic N) is 1.